The van der Waals surface area contributed by atoms with Crippen LogP contribution < -0.4 is 14.7 Å². The Morgan fingerprint density at radius 1 is 0.467 bits per heavy atom. The van der Waals surface area contributed by atoms with E-state index in [4.69, 9.17) is 0 Å². The van der Waals surface area contributed by atoms with Gasteiger partial charge in [-0.1, -0.05) is 121 Å². The van der Waals surface area contributed by atoms with Gasteiger partial charge in [-0.05, 0) is 133 Å². The predicted octanol–water partition coefficient (Wildman–Crippen LogP) is 14.0. The number of anilines is 8. The number of aliphatic carboxylic acids is 1. The molecule has 60 heavy (non-hydrogen) atoms. The number of hydrogen-bond donors (Lipinski definition) is 1. The number of para-hydroxylation sites is 5. The van der Waals surface area contributed by atoms with Crippen molar-refractivity contribution in [2.24, 2.45) is 0 Å². The fourth-order valence-corrected chi connectivity index (χ4v) is 7.53. The molecule has 7 aromatic carbocycles. The first-order chi connectivity index (χ1) is 29.6. The maximum atomic E-state index is 11.7. The molecular formula is C54H42N4O2. The molecule has 0 fully saturated rings. The molecule has 0 aromatic heterocycles. The van der Waals surface area contributed by atoms with Crippen LogP contribution in [0.4, 0.5) is 45.5 Å². The number of carbonyl (C=O) groups is 1. The van der Waals surface area contributed by atoms with E-state index in [1.165, 1.54) is 6.08 Å². The zero-order chi connectivity index (χ0) is 41.1. The third-order valence-corrected chi connectivity index (χ3v) is 10.4. The Labute approximate surface area is 351 Å². The standard InChI is InChI=1S/C54H42N4O2/c55-40-44(54(59)60)33-32-43-31-30-42(53(43)58(48-22-12-4-13-23-48)49-24-14-5-15-25-49)29-26-41-27-34-50(35-28-41)57(47-20-10-3-11-21-47)52-38-36-51(37-39-52)56(45-16-6-1-7-17-45)46-18-8-2-9-19-46/h1-29,32-39H,30-31H2,(H,59,60)/b29-26+,43-32+,44-33+. The van der Waals surface area contributed by atoms with Crippen LogP contribution in [0.25, 0.3) is 6.08 Å². The number of hydrogen-bond acceptors (Lipinski definition) is 5. The number of carboxylic acids is 1. The van der Waals surface area contributed by atoms with Gasteiger partial charge in [0.15, 0.2) is 0 Å². The second kappa shape index (κ2) is 18.4. The second-order valence-electron chi connectivity index (χ2n) is 14.2. The molecule has 8 rings (SSSR count). The quantitative estimate of drug-likeness (QED) is 0.0928. The molecule has 0 unspecified atom stereocenters. The van der Waals surface area contributed by atoms with Gasteiger partial charge >= 0.3 is 5.97 Å². The molecule has 6 heteroatoms. The van der Waals surface area contributed by atoms with E-state index in [1.54, 1.807) is 6.08 Å². The van der Waals surface area contributed by atoms with Gasteiger partial charge in [-0.3, -0.25) is 0 Å². The molecule has 0 amide bonds. The Kier molecular flexibility index (Phi) is 11.9. The maximum absolute atomic E-state index is 11.7. The molecule has 0 aliphatic heterocycles. The summed E-state index contributed by atoms with van der Waals surface area (Å²) in [6, 6.07) is 70.6. The molecular weight excluding hydrogens is 737 g/mol. The summed E-state index contributed by atoms with van der Waals surface area (Å²) in [4.78, 5) is 18.5. The zero-order valence-electron chi connectivity index (χ0n) is 32.9. The van der Waals surface area contributed by atoms with Gasteiger partial charge in [0.05, 0.1) is 5.70 Å². The van der Waals surface area contributed by atoms with Crippen molar-refractivity contribution < 1.29 is 9.90 Å². The van der Waals surface area contributed by atoms with Crippen LogP contribution in [0.2, 0.25) is 0 Å². The van der Waals surface area contributed by atoms with Gasteiger partial charge in [0.2, 0.25) is 0 Å². The van der Waals surface area contributed by atoms with E-state index in [0.717, 1.165) is 74.3 Å². The third-order valence-electron chi connectivity index (χ3n) is 10.4. The maximum Gasteiger partial charge on any atom is 0.346 e. The van der Waals surface area contributed by atoms with Gasteiger partial charge in [-0.15, -0.1) is 0 Å². The summed E-state index contributed by atoms with van der Waals surface area (Å²) in [5.41, 5.74) is 12.1. The normalized spacial score (nSPS) is 13.3. The van der Waals surface area contributed by atoms with Gasteiger partial charge < -0.3 is 19.8 Å². The average molecular weight is 779 g/mol. The highest BCUT2D eigenvalue weighted by atomic mass is 16.4. The summed E-state index contributed by atoms with van der Waals surface area (Å²) in [6.07, 6.45) is 8.92. The molecule has 0 saturated carbocycles. The highest BCUT2D eigenvalue weighted by Crippen LogP contribution is 2.43. The number of nitrogens with zero attached hydrogens (tertiary/aromatic N) is 4. The van der Waals surface area contributed by atoms with Crippen LogP contribution >= 0.6 is 0 Å². The predicted molar refractivity (Wildman–Crippen MR) is 246 cm³/mol. The van der Waals surface area contributed by atoms with Crippen molar-refractivity contribution >= 4 is 57.5 Å². The summed E-state index contributed by atoms with van der Waals surface area (Å²) >= 11 is 0. The van der Waals surface area contributed by atoms with Crippen molar-refractivity contribution in [3.05, 3.63) is 246 Å². The number of nitriles is 1. The van der Waals surface area contributed by atoms with Crippen LogP contribution in [-0.2, 0) is 4.79 Å². The lowest BCUT2D eigenvalue weighted by molar-refractivity contribution is -0.132. The number of carboxylic acid groups (broad SMARTS) is 1. The average Bonchev–Trinajstić information content (AvgIpc) is 3.70. The topological polar surface area (TPSA) is 70.8 Å². The Hall–Kier alpha value is -8.14. The van der Waals surface area contributed by atoms with E-state index in [0.29, 0.717) is 6.42 Å². The first-order valence-electron chi connectivity index (χ1n) is 19.9. The highest BCUT2D eigenvalue weighted by molar-refractivity contribution is 5.91. The van der Waals surface area contributed by atoms with Gasteiger partial charge in [0.1, 0.15) is 11.6 Å². The number of benzene rings is 7. The molecule has 290 valence electrons. The van der Waals surface area contributed by atoms with Crippen molar-refractivity contribution in [3.8, 4) is 6.07 Å². The molecule has 6 nitrogen and oxygen atoms in total. The number of rotatable bonds is 13. The van der Waals surface area contributed by atoms with E-state index in [1.807, 2.05) is 60.7 Å². The van der Waals surface area contributed by atoms with Crippen molar-refractivity contribution in [2.45, 2.75) is 12.8 Å². The van der Waals surface area contributed by atoms with Crippen LogP contribution in [0.15, 0.2) is 241 Å². The molecule has 0 radical (unpaired) electrons. The van der Waals surface area contributed by atoms with Gasteiger partial charge in [0, 0.05) is 45.5 Å². The summed E-state index contributed by atoms with van der Waals surface area (Å²) in [6.45, 7) is 0. The lowest BCUT2D eigenvalue weighted by Gasteiger charge is -2.28. The fourth-order valence-electron chi connectivity index (χ4n) is 7.53. The van der Waals surface area contributed by atoms with Gasteiger partial charge in [-0.25, -0.2) is 4.79 Å². The molecule has 0 atom stereocenters. The largest absolute Gasteiger partial charge is 0.477 e. The number of allylic oxidation sites excluding steroid dienone is 5. The van der Waals surface area contributed by atoms with Crippen LogP contribution in [0.1, 0.15) is 18.4 Å². The molecule has 1 aliphatic rings. The lowest BCUT2D eigenvalue weighted by Crippen LogP contribution is -2.17. The summed E-state index contributed by atoms with van der Waals surface area (Å²) in [7, 11) is 0. The molecule has 0 saturated heterocycles. The van der Waals surface area contributed by atoms with Crippen LogP contribution in [0, 0.1) is 11.3 Å². The summed E-state index contributed by atoms with van der Waals surface area (Å²) in [5.74, 6) is -1.25. The monoisotopic (exact) mass is 778 g/mol. The Morgan fingerprint density at radius 3 is 1.18 bits per heavy atom. The SMILES string of the molecule is N#C/C(=C\C=C1/CCC(/C=C/c2ccc(N(c3ccccc3)c3ccc(N(c4ccccc4)c4ccccc4)cc3)cc2)=C1N(c1ccccc1)c1ccccc1)C(=O)O. The molecule has 0 spiro atoms. The first-order valence-corrected chi connectivity index (χ1v) is 19.9. The second-order valence-corrected chi connectivity index (χ2v) is 14.2. The highest BCUT2D eigenvalue weighted by Gasteiger charge is 2.26. The molecule has 1 aliphatic carbocycles. The van der Waals surface area contributed by atoms with Gasteiger partial charge in [0.25, 0.3) is 0 Å². The van der Waals surface area contributed by atoms with Crippen molar-refractivity contribution in [2.75, 3.05) is 14.7 Å². The Bertz CT molecular complexity index is 2620. The summed E-state index contributed by atoms with van der Waals surface area (Å²) < 4.78 is 0. The van der Waals surface area contributed by atoms with E-state index in [9.17, 15) is 15.2 Å². The Morgan fingerprint density at radius 2 is 0.817 bits per heavy atom. The van der Waals surface area contributed by atoms with Crippen LogP contribution in [-0.4, -0.2) is 11.1 Å². The van der Waals surface area contributed by atoms with E-state index in [2.05, 4.69) is 172 Å². The molecule has 1 N–H and O–H groups in total. The molecule has 0 bridgehead atoms. The smallest absolute Gasteiger partial charge is 0.346 e. The van der Waals surface area contributed by atoms with Crippen LogP contribution in [0.3, 0.4) is 0 Å². The fraction of sp³-hybridized carbons (Fsp3) is 0.0370. The zero-order valence-corrected chi connectivity index (χ0v) is 32.9. The van der Waals surface area contributed by atoms with E-state index >= 15 is 0 Å². The first kappa shape index (κ1) is 38.7. The minimum atomic E-state index is -1.25. The lowest BCUT2D eigenvalue weighted by atomic mass is 10.1. The summed E-state index contributed by atoms with van der Waals surface area (Å²) in [5, 5.41) is 19.1. The van der Waals surface area contributed by atoms with Crippen molar-refractivity contribution in [3.63, 3.8) is 0 Å². The van der Waals surface area contributed by atoms with E-state index < -0.39 is 5.97 Å². The van der Waals surface area contributed by atoms with Crippen molar-refractivity contribution in [1.82, 2.24) is 0 Å². The molecule has 0 heterocycles. The third kappa shape index (κ3) is 8.72. The van der Waals surface area contributed by atoms with Crippen molar-refractivity contribution in [1.29, 1.82) is 5.26 Å². The minimum Gasteiger partial charge on any atom is -0.477 e. The van der Waals surface area contributed by atoms with E-state index in [-0.39, 0.29) is 5.57 Å². The molecule has 7 aromatic rings. The van der Waals surface area contributed by atoms with Crippen LogP contribution in [0.5, 0.6) is 0 Å². The Balaban J connectivity index is 1.14. The van der Waals surface area contributed by atoms with Gasteiger partial charge in [-0.2, -0.15) is 5.26 Å². The minimum absolute atomic E-state index is 0.307.